The zero-order valence-corrected chi connectivity index (χ0v) is 17.7. The first-order valence-electron chi connectivity index (χ1n) is 9.14. The van der Waals surface area contributed by atoms with Crippen molar-refractivity contribution in [3.8, 4) is 33.4 Å². The van der Waals surface area contributed by atoms with E-state index in [-0.39, 0.29) is 0 Å². The Hall–Kier alpha value is -2.39. The number of halogens is 1. The average molecular weight is 460 g/mol. The number of hydrogen-bond acceptors (Lipinski definition) is 0. The van der Waals surface area contributed by atoms with Gasteiger partial charge in [0.2, 0.25) is 0 Å². The second-order valence-electron chi connectivity index (χ2n) is 7.04. The summed E-state index contributed by atoms with van der Waals surface area (Å²) in [4.78, 5) is 0. The van der Waals surface area contributed by atoms with Crippen LogP contribution in [0.3, 0.4) is 0 Å². The van der Waals surface area contributed by atoms with Crippen LogP contribution in [-0.4, -0.2) is 0 Å². The molecule has 0 amide bonds. The first-order chi connectivity index (χ1) is 13.1. The summed E-state index contributed by atoms with van der Waals surface area (Å²) in [5.41, 5.74) is 10.1. The summed E-state index contributed by atoms with van der Waals surface area (Å²) in [5, 5.41) is 0. The highest BCUT2D eigenvalue weighted by molar-refractivity contribution is 14.1. The van der Waals surface area contributed by atoms with Gasteiger partial charge >= 0.3 is 0 Å². The first kappa shape index (κ1) is 18.0. The quantitative estimate of drug-likeness (QED) is 0.273. The van der Waals surface area contributed by atoms with Gasteiger partial charge in [0.05, 0.1) is 0 Å². The molecule has 0 aliphatic carbocycles. The molecule has 0 saturated heterocycles. The van der Waals surface area contributed by atoms with Gasteiger partial charge in [0.1, 0.15) is 0 Å². The molecule has 0 atom stereocenters. The maximum Gasteiger partial charge on any atom is 0.0130 e. The lowest BCUT2D eigenvalue weighted by atomic mass is 9.93. The van der Waals surface area contributed by atoms with E-state index in [0.29, 0.717) is 0 Å². The minimum Gasteiger partial charge on any atom is -0.0587 e. The molecule has 4 aromatic carbocycles. The molecular weight excluding hydrogens is 439 g/mol. The fourth-order valence-electron chi connectivity index (χ4n) is 3.26. The van der Waals surface area contributed by atoms with Gasteiger partial charge in [-0.2, -0.15) is 0 Å². The third-order valence-corrected chi connectivity index (χ3v) is 5.60. The fraction of sp³-hybridized carbons (Fsp3) is 0.0769. The maximum absolute atomic E-state index is 2.35. The molecule has 0 nitrogen and oxygen atoms in total. The predicted octanol–water partition coefficient (Wildman–Crippen LogP) is 7.91. The Bertz CT molecular complexity index is 903. The van der Waals surface area contributed by atoms with Gasteiger partial charge in [-0.15, -0.1) is 0 Å². The Kier molecular flexibility index (Phi) is 5.13. The summed E-state index contributed by atoms with van der Waals surface area (Å²) < 4.78 is 1.25. The predicted molar refractivity (Wildman–Crippen MR) is 125 cm³/mol. The van der Waals surface area contributed by atoms with Crippen LogP contribution in [0.15, 0.2) is 91.0 Å². The number of benzene rings is 4. The van der Waals surface area contributed by atoms with Gasteiger partial charge in [-0.25, -0.2) is 0 Å². The van der Waals surface area contributed by atoms with Gasteiger partial charge in [0.25, 0.3) is 0 Å². The van der Waals surface area contributed by atoms with Gasteiger partial charge < -0.3 is 0 Å². The topological polar surface area (TPSA) is 0 Å². The van der Waals surface area contributed by atoms with Crippen molar-refractivity contribution in [3.05, 3.63) is 106 Å². The molecule has 0 fully saturated rings. The minimum absolute atomic E-state index is 1.25. The van der Waals surface area contributed by atoms with E-state index >= 15 is 0 Å². The van der Waals surface area contributed by atoms with E-state index < -0.39 is 0 Å². The van der Waals surface area contributed by atoms with E-state index in [2.05, 4.69) is 127 Å². The molecule has 0 heterocycles. The standard InChI is InChI=1S/C26H21I/c1-18-3-7-20(8-4-18)23-15-24(21-9-5-19(2)6-10-21)17-25(16-23)22-11-13-26(27)14-12-22/h3-17H,1-2H3. The van der Waals surface area contributed by atoms with Crippen molar-refractivity contribution < 1.29 is 0 Å². The van der Waals surface area contributed by atoms with Crippen molar-refractivity contribution in [1.29, 1.82) is 0 Å². The van der Waals surface area contributed by atoms with Crippen LogP contribution < -0.4 is 0 Å². The molecule has 0 aromatic heterocycles. The largest absolute Gasteiger partial charge is 0.0587 e. The average Bonchev–Trinajstić information content (AvgIpc) is 2.69. The van der Waals surface area contributed by atoms with Crippen molar-refractivity contribution in [2.45, 2.75) is 13.8 Å². The molecule has 0 spiro atoms. The van der Waals surface area contributed by atoms with Crippen LogP contribution >= 0.6 is 22.6 Å². The molecule has 0 aliphatic rings. The Morgan fingerprint density at radius 2 is 0.704 bits per heavy atom. The smallest absolute Gasteiger partial charge is 0.0130 e. The first-order valence-corrected chi connectivity index (χ1v) is 10.2. The highest BCUT2D eigenvalue weighted by Gasteiger charge is 2.07. The number of hydrogen-bond donors (Lipinski definition) is 0. The third kappa shape index (κ3) is 4.14. The summed E-state index contributed by atoms with van der Waals surface area (Å²) in [5.74, 6) is 0. The van der Waals surface area contributed by atoms with E-state index in [9.17, 15) is 0 Å². The Balaban J connectivity index is 1.89. The second-order valence-corrected chi connectivity index (χ2v) is 8.28. The van der Waals surface area contributed by atoms with Crippen LogP contribution in [-0.2, 0) is 0 Å². The Labute approximate surface area is 175 Å². The fourth-order valence-corrected chi connectivity index (χ4v) is 3.62. The lowest BCUT2D eigenvalue weighted by Crippen LogP contribution is -1.87. The van der Waals surface area contributed by atoms with E-state index in [1.54, 1.807) is 0 Å². The number of rotatable bonds is 3. The van der Waals surface area contributed by atoms with E-state index in [4.69, 9.17) is 0 Å². The normalized spacial score (nSPS) is 10.8. The zero-order chi connectivity index (χ0) is 18.8. The Morgan fingerprint density at radius 3 is 1.04 bits per heavy atom. The van der Waals surface area contributed by atoms with Crippen molar-refractivity contribution in [3.63, 3.8) is 0 Å². The second kappa shape index (κ2) is 7.69. The van der Waals surface area contributed by atoms with Crippen LogP contribution in [0.5, 0.6) is 0 Å². The lowest BCUT2D eigenvalue weighted by Gasteiger charge is -2.12. The molecule has 132 valence electrons. The summed E-state index contributed by atoms with van der Waals surface area (Å²) >= 11 is 2.35. The summed E-state index contributed by atoms with van der Waals surface area (Å²) in [6, 6.07) is 33.2. The van der Waals surface area contributed by atoms with Crippen LogP contribution in [0, 0.1) is 17.4 Å². The van der Waals surface area contributed by atoms with E-state index in [1.165, 1.54) is 48.1 Å². The van der Waals surface area contributed by atoms with Crippen molar-refractivity contribution in [2.75, 3.05) is 0 Å². The van der Waals surface area contributed by atoms with Crippen molar-refractivity contribution in [2.24, 2.45) is 0 Å². The molecule has 0 aliphatic heterocycles. The molecule has 0 saturated carbocycles. The highest BCUT2D eigenvalue weighted by Crippen LogP contribution is 2.33. The van der Waals surface area contributed by atoms with Gasteiger partial charge in [-0.05, 0) is 100 Å². The van der Waals surface area contributed by atoms with E-state index in [0.717, 1.165) is 0 Å². The van der Waals surface area contributed by atoms with Crippen LogP contribution in [0.2, 0.25) is 0 Å². The van der Waals surface area contributed by atoms with Crippen LogP contribution in [0.25, 0.3) is 33.4 Å². The SMILES string of the molecule is Cc1ccc(-c2cc(-c3ccc(C)cc3)cc(-c3ccc(I)cc3)c2)cc1. The molecular formula is C26H21I. The van der Waals surface area contributed by atoms with E-state index in [1.807, 2.05) is 0 Å². The lowest BCUT2D eigenvalue weighted by molar-refractivity contribution is 1.46. The van der Waals surface area contributed by atoms with Crippen LogP contribution in [0.4, 0.5) is 0 Å². The molecule has 1 heteroatoms. The van der Waals surface area contributed by atoms with Gasteiger partial charge in [-0.3, -0.25) is 0 Å². The van der Waals surface area contributed by atoms with Crippen molar-refractivity contribution >= 4 is 22.6 Å². The third-order valence-electron chi connectivity index (χ3n) is 4.88. The minimum atomic E-state index is 1.25. The molecule has 0 unspecified atom stereocenters. The highest BCUT2D eigenvalue weighted by atomic mass is 127. The van der Waals surface area contributed by atoms with Gasteiger partial charge in [0.15, 0.2) is 0 Å². The summed E-state index contributed by atoms with van der Waals surface area (Å²) in [6.07, 6.45) is 0. The molecule has 0 N–H and O–H groups in total. The maximum atomic E-state index is 2.35. The van der Waals surface area contributed by atoms with Crippen molar-refractivity contribution in [1.82, 2.24) is 0 Å². The number of aryl methyl sites for hydroxylation is 2. The van der Waals surface area contributed by atoms with Crippen LogP contribution in [0.1, 0.15) is 11.1 Å². The molecule has 4 aromatic rings. The summed E-state index contributed by atoms with van der Waals surface area (Å²) in [7, 11) is 0. The summed E-state index contributed by atoms with van der Waals surface area (Å²) in [6.45, 7) is 4.26. The Morgan fingerprint density at radius 1 is 0.407 bits per heavy atom. The van der Waals surface area contributed by atoms with Gasteiger partial charge in [0, 0.05) is 3.57 Å². The van der Waals surface area contributed by atoms with Gasteiger partial charge in [-0.1, -0.05) is 71.8 Å². The molecule has 4 rings (SSSR count). The monoisotopic (exact) mass is 460 g/mol. The zero-order valence-electron chi connectivity index (χ0n) is 15.5. The molecule has 0 bridgehead atoms. The molecule has 27 heavy (non-hydrogen) atoms. The molecule has 0 radical (unpaired) electrons.